The molecule has 1 amide bonds. The Hall–Kier alpha value is -1.11. The van der Waals surface area contributed by atoms with Gasteiger partial charge in [0.2, 0.25) is 0 Å². The second-order valence-electron chi connectivity index (χ2n) is 4.15. The topological polar surface area (TPSA) is 52.9 Å². The van der Waals surface area contributed by atoms with Crippen molar-refractivity contribution in [3.05, 3.63) is 0 Å². The zero-order chi connectivity index (χ0) is 10.7. The minimum Gasteiger partial charge on any atom is -0.352 e. The third-order valence-corrected chi connectivity index (χ3v) is 1.53. The Morgan fingerprint density at radius 2 is 1.92 bits per heavy atom. The quantitative estimate of drug-likeness (QED) is 0.724. The lowest BCUT2D eigenvalue weighted by Gasteiger charge is -2.19. The summed E-state index contributed by atoms with van der Waals surface area (Å²) >= 11 is 0. The van der Waals surface area contributed by atoms with E-state index in [9.17, 15) is 9.18 Å². The summed E-state index contributed by atoms with van der Waals surface area (Å²) in [6, 6.07) is 2.01. The second kappa shape index (κ2) is 3.73. The number of hydrogen-bond donors (Lipinski definition) is 1. The molecule has 0 heterocycles. The zero-order valence-electron chi connectivity index (χ0n) is 8.44. The maximum Gasteiger partial charge on any atom is 0.257 e. The van der Waals surface area contributed by atoms with Gasteiger partial charge in [-0.15, -0.1) is 0 Å². The number of amides is 1. The fraction of sp³-hybridized carbons (Fsp3) is 0.778. The summed E-state index contributed by atoms with van der Waals surface area (Å²) < 4.78 is 13.0. The van der Waals surface area contributed by atoms with Crippen LogP contribution < -0.4 is 5.32 Å². The van der Waals surface area contributed by atoms with E-state index >= 15 is 0 Å². The molecular weight excluding hydrogens is 171 g/mol. The minimum absolute atomic E-state index is 0.162. The first kappa shape index (κ1) is 11.9. The Morgan fingerprint density at radius 1 is 1.46 bits per heavy atom. The van der Waals surface area contributed by atoms with Gasteiger partial charge in [-0.2, -0.15) is 5.26 Å². The second-order valence-corrected chi connectivity index (χ2v) is 4.15. The van der Waals surface area contributed by atoms with Gasteiger partial charge in [-0.3, -0.25) is 4.79 Å². The molecule has 0 bridgehead atoms. The molecule has 0 spiro atoms. The molecular formula is C9H15FN2O. The highest BCUT2D eigenvalue weighted by molar-refractivity contribution is 5.84. The van der Waals surface area contributed by atoms with Gasteiger partial charge < -0.3 is 5.32 Å². The standard InChI is InChI=1S/C9H15FN2O/c1-8(2,5-11)6-12-7(13)9(3,4)10/h6H2,1-4H3,(H,12,13). The summed E-state index contributed by atoms with van der Waals surface area (Å²) in [4.78, 5) is 11.0. The van der Waals surface area contributed by atoms with Crippen LogP contribution in [0.5, 0.6) is 0 Å². The molecule has 0 aliphatic rings. The van der Waals surface area contributed by atoms with Crippen molar-refractivity contribution in [1.82, 2.24) is 5.32 Å². The van der Waals surface area contributed by atoms with Gasteiger partial charge in [0.15, 0.2) is 5.67 Å². The van der Waals surface area contributed by atoms with Crippen molar-refractivity contribution >= 4 is 5.91 Å². The molecule has 0 unspecified atom stereocenters. The van der Waals surface area contributed by atoms with Gasteiger partial charge in [-0.1, -0.05) is 0 Å². The average Bonchev–Trinajstić information content (AvgIpc) is 1.98. The third-order valence-electron chi connectivity index (χ3n) is 1.53. The maximum atomic E-state index is 13.0. The Labute approximate surface area is 77.9 Å². The van der Waals surface area contributed by atoms with E-state index in [1.54, 1.807) is 13.8 Å². The van der Waals surface area contributed by atoms with Gasteiger partial charge in [0.05, 0.1) is 11.5 Å². The number of carbonyl (C=O) groups excluding carboxylic acids is 1. The molecule has 0 aromatic carbocycles. The van der Waals surface area contributed by atoms with Gasteiger partial charge in [0.1, 0.15) is 0 Å². The molecule has 0 radical (unpaired) electrons. The van der Waals surface area contributed by atoms with Crippen LogP contribution in [0.3, 0.4) is 0 Å². The minimum atomic E-state index is -1.88. The first-order valence-electron chi connectivity index (χ1n) is 4.07. The molecule has 0 fully saturated rings. The van der Waals surface area contributed by atoms with Gasteiger partial charge >= 0.3 is 0 Å². The number of carbonyl (C=O) groups is 1. The summed E-state index contributed by atoms with van der Waals surface area (Å²) in [6.45, 7) is 5.89. The van der Waals surface area contributed by atoms with Crippen molar-refractivity contribution in [1.29, 1.82) is 5.26 Å². The number of rotatable bonds is 3. The molecule has 0 saturated heterocycles. The Kier molecular flexibility index (Phi) is 3.42. The molecule has 74 valence electrons. The third kappa shape index (κ3) is 4.46. The Bertz CT molecular complexity index is 235. The molecule has 0 aromatic heterocycles. The van der Waals surface area contributed by atoms with Crippen molar-refractivity contribution in [2.24, 2.45) is 5.41 Å². The van der Waals surface area contributed by atoms with E-state index < -0.39 is 17.0 Å². The first-order chi connectivity index (χ1) is 5.69. The van der Waals surface area contributed by atoms with Crippen molar-refractivity contribution in [3.8, 4) is 6.07 Å². The molecule has 13 heavy (non-hydrogen) atoms. The van der Waals surface area contributed by atoms with Crippen molar-refractivity contribution < 1.29 is 9.18 Å². The van der Waals surface area contributed by atoms with Crippen LogP contribution >= 0.6 is 0 Å². The number of nitriles is 1. The Balaban J connectivity index is 4.08. The summed E-state index contributed by atoms with van der Waals surface area (Å²) in [5.41, 5.74) is -2.54. The predicted octanol–water partition coefficient (Wildman–Crippen LogP) is 1.40. The molecule has 0 atom stereocenters. The number of nitrogens with zero attached hydrogens (tertiary/aromatic N) is 1. The normalized spacial score (nSPS) is 12.0. The van der Waals surface area contributed by atoms with Gasteiger partial charge in [0.25, 0.3) is 5.91 Å². The summed E-state index contributed by atoms with van der Waals surface area (Å²) in [7, 11) is 0. The smallest absolute Gasteiger partial charge is 0.257 e. The van der Waals surface area contributed by atoms with E-state index in [0.29, 0.717) is 0 Å². The summed E-state index contributed by atoms with van der Waals surface area (Å²) in [5.74, 6) is -0.684. The lowest BCUT2D eigenvalue weighted by atomic mass is 9.95. The van der Waals surface area contributed by atoms with E-state index in [-0.39, 0.29) is 6.54 Å². The van der Waals surface area contributed by atoms with Gasteiger partial charge in [0, 0.05) is 6.54 Å². The van der Waals surface area contributed by atoms with E-state index in [1.165, 1.54) is 13.8 Å². The summed E-state index contributed by atoms with van der Waals surface area (Å²) in [5, 5.41) is 11.0. The zero-order valence-corrected chi connectivity index (χ0v) is 8.44. The van der Waals surface area contributed by atoms with E-state index in [0.717, 1.165) is 0 Å². The van der Waals surface area contributed by atoms with Crippen LogP contribution in [-0.4, -0.2) is 18.1 Å². The van der Waals surface area contributed by atoms with E-state index in [2.05, 4.69) is 5.32 Å². The van der Waals surface area contributed by atoms with Crippen LogP contribution in [-0.2, 0) is 4.79 Å². The molecule has 3 nitrogen and oxygen atoms in total. The monoisotopic (exact) mass is 186 g/mol. The van der Waals surface area contributed by atoms with Crippen LogP contribution in [0.2, 0.25) is 0 Å². The fourth-order valence-electron chi connectivity index (χ4n) is 0.551. The molecule has 4 heteroatoms. The van der Waals surface area contributed by atoms with Crippen LogP contribution in [0.25, 0.3) is 0 Å². The highest BCUT2D eigenvalue weighted by Crippen LogP contribution is 2.13. The van der Waals surface area contributed by atoms with Crippen molar-refractivity contribution in [2.75, 3.05) is 6.54 Å². The highest BCUT2D eigenvalue weighted by Gasteiger charge is 2.28. The number of halogens is 1. The maximum absolute atomic E-state index is 13.0. The SMILES string of the molecule is CC(C)(C#N)CNC(=O)C(C)(C)F. The molecule has 0 aliphatic carbocycles. The molecule has 1 N–H and O–H groups in total. The lowest BCUT2D eigenvalue weighted by Crippen LogP contribution is -2.42. The molecule has 0 saturated carbocycles. The van der Waals surface area contributed by atoms with Gasteiger partial charge in [-0.05, 0) is 27.7 Å². The number of hydrogen-bond acceptors (Lipinski definition) is 2. The van der Waals surface area contributed by atoms with E-state index in [4.69, 9.17) is 5.26 Å². The molecule has 0 rings (SSSR count). The number of alkyl halides is 1. The Morgan fingerprint density at radius 3 is 2.23 bits per heavy atom. The lowest BCUT2D eigenvalue weighted by molar-refractivity contribution is -0.131. The van der Waals surface area contributed by atoms with Crippen molar-refractivity contribution in [3.63, 3.8) is 0 Å². The molecule has 0 aliphatic heterocycles. The summed E-state index contributed by atoms with van der Waals surface area (Å²) in [6.07, 6.45) is 0. The highest BCUT2D eigenvalue weighted by atomic mass is 19.1. The largest absolute Gasteiger partial charge is 0.352 e. The van der Waals surface area contributed by atoms with E-state index in [1.807, 2.05) is 6.07 Å². The van der Waals surface area contributed by atoms with Gasteiger partial charge in [-0.25, -0.2) is 4.39 Å². The molecule has 0 aromatic rings. The first-order valence-corrected chi connectivity index (χ1v) is 4.07. The van der Waals surface area contributed by atoms with Crippen LogP contribution in [0.1, 0.15) is 27.7 Å². The van der Waals surface area contributed by atoms with Crippen molar-refractivity contribution in [2.45, 2.75) is 33.4 Å². The fourth-order valence-corrected chi connectivity index (χ4v) is 0.551. The van der Waals surface area contributed by atoms with Crippen LogP contribution in [0, 0.1) is 16.7 Å². The average molecular weight is 186 g/mol. The van der Waals surface area contributed by atoms with Crippen LogP contribution in [0.15, 0.2) is 0 Å². The predicted molar refractivity (Wildman–Crippen MR) is 47.6 cm³/mol. The number of nitrogens with one attached hydrogen (secondary N) is 1. The van der Waals surface area contributed by atoms with Crippen LogP contribution in [0.4, 0.5) is 4.39 Å².